The van der Waals surface area contributed by atoms with E-state index in [4.69, 9.17) is 16.3 Å². The molecular weight excluding hydrogens is 436 g/mol. The van der Waals surface area contributed by atoms with E-state index >= 15 is 0 Å². The Labute approximate surface area is 200 Å². The molecule has 6 nitrogen and oxygen atoms in total. The fourth-order valence-corrected chi connectivity index (χ4v) is 4.25. The molecule has 1 aromatic heterocycles. The second-order valence-electron chi connectivity index (χ2n) is 8.49. The quantitative estimate of drug-likeness (QED) is 0.505. The summed E-state index contributed by atoms with van der Waals surface area (Å²) in [7, 11) is 3.76. The van der Waals surface area contributed by atoms with Crippen molar-refractivity contribution in [2.45, 2.75) is 19.3 Å². The smallest absolute Gasteiger partial charge is 0.143 e. The van der Waals surface area contributed by atoms with Crippen molar-refractivity contribution in [2.24, 2.45) is 0 Å². The van der Waals surface area contributed by atoms with Gasteiger partial charge in [0.05, 0.1) is 12.8 Å². The Morgan fingerprint density at radius 3 is 2.58 bits per heavy atom. The third-order valence-electron chi connectivity index (χ3n) is 5.96. The minimum Gasteiger partial charge on any atom is -0.497 e. The van der Waals surface area contributed by atoms with Gasteiger partial charge < -0.3 is 14.5 Å². The molecule has 172 valence electrons. The average Bonchev–Trinajstić information content (AvgIpc) is 2.81. The van der Waals surface area contributed by atoms with E-state index < -0.39 is 0 Å². The zero-order valence-corrected chi connectivity index (χ0v) is 19.9. The molecule has 0 radical (unpaired) electrons. The highest BCUT2D eigenvalue weighted by Gasteiger charge is 2.15. The first kappa shape index (κ1) is 23.2. The van der Waals surface area contributed by atoms with Crippen molar-refractivity contribution in [3.8, 4) is 5.75 Å². The molecule has 1 aliphatic rings. The minimum absolute atomic E-state index is 0.0480. The second kappa shape index (κ2) is 10.8. The van der Waals surface area contributed by atoms with Gasteiger partial charge in [-0.25, -0.2) is 9.97 Å². The molecule has 0 saturated carbocycles. The summed E-state index contributed by atoms with van der Waals surface area (Å²) >= 11 is 6.25. The maximum absolute atomic E-state index is 12.7. The number of ether oxygens (including phenoxy) is 1. The van der Waals surface area contributed by atoms with Gasteiger partial charge in [0.2, 0.25) is 0 Å². The van der Waals surface area contributed by atoms with E-state index in [1.54, 1.807) is 31.6 Å². The topological polar surface area (TPSA) is 58.6 Å². The van der Waals surface area contributed by atoms with Crippen LogP contribution in [0.15, 0.2) is 54.9 Å². The zero-order valence-electron chi connectivity index (χ0n) is 19.1. The lowest BCUT2D eigenvalue weighted by molar-refractivity contribution is -0.117. The van der Waals surface area contributed by atoms with Crippen LogP contribution in [0.5, 0.6) is 5.75 Å². The number of benzene rings is 2. The fourth-order valence-electron chi connectivity index (χ4n) is 4.06. The van der Waals surface area contributed by atoms with E-state index in [0.29, 0.717) is 17.2 Å². The predicted octanol–water partition coefficient (Wildman–Crippen LogP) is 3.84. The van der Waals surface area contributed by atoms with E-state index in [1.165, 1.54) is 11.3 Å². The molecule has 0 unspecified atom stereocenters. The molecule has 2 aromatic carbocycles. The van der Waals surface area contributed by atoms with E-state index in [-0.39, 0.29) is 18.6 Å². The summed E-state index contributed by atoms with van der Waals surface area (Å²) in [6.07, 6.45) is 2.72. The Hall–Kier alpha value is -2.96. The molecule has 1 fully saturated rings. The molecule has 0 amide bonds. The van der Waals surface area contributed by atoms with Gasteiger partial charge in [-0.15, -0.1) is 0 Å². The molecular formula is C26H29ClN4O2. The second-order valence-corrected chi connectivity index (χ2v) is 8.89. The monoisotopic (exact) mass is 464 g/mol. The number of likely N-dealkylation sites (N-methyl/N-ethyl adjacent to an activating group) is 1. The lowest BCUT2D eigenvalue weighted by Crippen LogP contribution is -2.44. The molecule has 0 aliphatic carbocycles. The van der Waals surface area contributed by atoms with Crippen molar-refractivity contribution in [1.82, 2.24) is 14.9 Å². The highest BCUT2D eigenvalue weighted by Crippen LogP contribution is 2.23. The SMILES string of the molecule is COc1ccc(Cl)c(CC(=O)Cc2cc(Cc3cccc(N4CCN(C)CC4)c3)ncn2)c1. The van der Waals surface area contributed by atoms with Crippen LogP contribution in [-0.2, 0) is 24.1 Å². The molecule has 7 heteroatoms. The van der Waals surface area contributed by atoms with E-state index in [1.807, 2.05) is 6.07 Å². The van der Waals surface area contributed by atoms with Gasteiger partial charge >= 0.3 is 0 Å². The Bertz CT molecular complexity index is 1110. The molecule has 1 saturated heterocycles. The molecule has 0 bridgehead atoms. The number of hydrogen-bond donors (Lipinski definition) is 0. The molecule has 4 rings (SSSR count). The van der Waals surface area contributed by atoms with Gasteiger partial charge in [-0.05, 0) is 54.6 Å². The molecule has 33 heavy (non-hydrogen) atoms. The molecule has 0 atom stereocenters. The number of halogens is 1. The van der Waals surface area contributed by atoms with E-state index in [0.717, 1.165) is 43.1 Å². The van der Waals surface area contributed by atoms with Gasteiger partial charge in [-0.2, -0.15) is 0 Å². The summed E-state index contributed by atoms with van der Waals surface area (Å²) in [5.74, 6) is 0.734. The van der Waals surface area contributed by atoms with Crippen LogP contribution in [0.3, 0.4) is 0 Å². The standard InChI is InChI=1S/C26H29ClN4O2/c1-30-8-10-31(11-9-30)23-5-3-4-19(13-23)12-21-16-22(29-18-28-21)17-24(32)14-20-15-25(33-2)6-7-26(20)27/h3-7,13,15-16,18H,8-12,14,17H2,1-2H3. The third-order valence-corrected chi connectivity index (χ3v) is 6.33. The number of rotatable bonds is 8. The summed E-state index contributed by atoms with van der Waals surface area (Å²) < 4.78 is 5.24. The zero-order chi connectivity index (χ0) is 23.2. The van der Waals surface area contributed by atoms with Crippen molar-refractivity contribution in [3.05, 3.63) is 82.4 Å². The number of hydrogen-bond acceptors (Lipinski definition) is 6. The largest absolute Gasteiger partial charge is 0.497 e. The highest BCUT2D eigenvalue weighted by atomic mass is 35.5. The van der Waals surface area contributed by atoms with Crippen LogP contribution in [0.2, 0.25) is 5.02 Å². The first-order chi connectivity index (χ1) is 16.0. The van der Waals surface area contributed by atoms with Crippen LogP contribution in [-0.4, -0.2) is 61.0 Å². The number of ketones is 1. The Balaban J connectivity index is 1.40. The summed E-state index contributed by atoms with van der Waals surface area (Å²) in [4.78, 5) is 26.2. The highest BCUT2D eigenvalue weighted by molar-refractivity contribution is 6.31. The summed E-state index contributed by atoms with van der Waals surface area (Å²) in [5, 5.41) is 0.563. The van der Waals surface area contributed by atoms with E-state index in [2.05, 4.69) is 51.1 Å². The van der Waals surface area contributed by atoms with Gasteiger partial charge in [0, 0.05) is 61.8 Å². The number of Topliss-reactive ketones (excluding diaryl/α,β-unsaturated/α-hetero) is 1. The average molecular weight is 465 g/mol. The number of nitrogens with zero attached hydrogens (tertiary/aromatic N) is 4. The fraction of sp³-hybridized carbons (Fsp3) is 0.346. The van der Waals surface area contributed by atoms with Gasteiger partial charge in [0.15, 0.2) is 0 Å². The molecule has 3 aromatic rings. The lowest BCUT2D eigenvalue weighted by atomic mass is 10.0. The predicted molar refractivity (Wildman–Crippen MR) is 131 cm³/mol. The Morgan fingerprint density at radius 2 is 1.79 bits per heavy atom. The molecule has 1 aliphatic heterocycles. The number of carbonyl (C=O) groups is 1. The summed E-state index contributed by atoms with van der Waals surface area (Å²) in [5.41, 5.74) is 4.84. The number of piperazine rings is 1. The molecule has 0 N–H and O–H groups in total. The number of carbonyl (C=O) groups excluding carboxylic acids is 1. The number of anilines is 1. The summed E-state index contributed by atoms with van der Waals surface area (Å²) in [6, 6.07) is 15.9. The molecule has 0 spiro atoms. The van der Waals surface area contributed by atoms with Gasteiger partial charge in [-0.1, -0.05) is 23.7 Å². The minimum atomic E-state index is 0.0480. The number of methoxy groups -OCH3 is 1. The molecule has 2 heterocycles. The van der Waals surface area contributed by atoms with Crippen molar-refractivity contribution in [1.29, 1.82) is 0 Å². The van der Waals surface area contributed by atoms with Crippen LogP contribution in [0.4, 0.5) is 5.69 Å². The maximum atomic E-state index is 12.7. The van der Waals surface area contributed by atoms with Crippen molar-refractivity contribution in [2.75, 3.05) is 45.2 Å². The van der Waals surface area contributed by atoms with Crippen LogP contribution >= 0.6 is 11.6 Å². The van der Waals surface area contributed by atoms with Crippen molar-refractivity contribution >= 4 is 23.1 Å². The first-order valence-electron chi connectivity index (χ1n) is 11.2. The van der Waals surface area contributed by atoms with Crippen molar-refractivity contribution in [3.63, 3.8) is 0 Å². The van der Waals surface area contributed by atoms with Gasteiger partial charge in [0.1, 0.15) is 17.9 Å². The van der Waals surface area contributed by atoms with Gasteiger partial charge in [0.25, 0.3) is 0 Å². The Morgan fingerprint density at radius 1 is 1.00 bits per heavy atom. The first-order valence-corrected chi connectivity index (χ1v) is 11.5. The Kier molecular flexibility index (Phi) is 7.57. The lowest BCUT2D eigenvalue weighted by Gasteiger charge is -2.34. The number of aromatic nitrogens is 2. The normalized spacial score (nSPS) is 14.3. The van der Waals surface area contributed by atoms with E-state index in [9.17, 15) is 4.79 Å². The van der Waals surface area contributed by atoms with Crippen LogP contribution in [0.1, 0.15) is 22.5 Å². The maximum Gasteiger partial charge on any atom is 0.143 e. The van der Waals surface area contributed by atoms with Crippen molar-refractivity contribution < 1.29 is 9.53 Å². The van der Waals surface area contributed by atoms with Crippen LogP contribution in [0, 0.1) is 0 Å². The summed E-state index contributed by atoms with van der Waals surface area (Å²) in [6.45, 7) is 4.23. The van der Waals surface area contributed by atoms with Crippen LogP contribution in [0.25, 0.3) is 0 Å². The van der Waals surface area contributed by atoms with Crippen LogP contribution < -0.4 is 9.64 Å². The third kappa shape index (κ3) is 6.30. The van der Waals surface area contributed by atoms with Gasteiger partial charge in [-0.3, -0.25) is 4.79 Å².